The van der Waals surface area contributed by atoms with Crippen LogP contribution in [0.5, 0.6) is 11.5 Å². The Balaban J connectivity index is 1.60. The molecule has 12 heteroatoms. The SMILES string of the molecule is Cc1ccc(OCCOc2ccc(/C=C(/C#N)C(=O)Nc3nnc(S(C)(=O)=O)s3)cc2Cl)cc1. The van der Waals surface area contributed by atoms with Crippen molar-refractivity contribution in [1.29, 1.82) is 5.26 Å². The number of amides is 1. The summed E-state index contributed by atoms with van der Waals surface area (Å²) in [5.74, 6) is 0.406. The van der Waals surface area contributed by atoms with Gasteiger partial charge in [0, 0.05) is 6.26 Å². The number of hydrogen-bond acceptors (Lipinski definition) is 9. The summed E-state index contributed by atoms with van der Waals surface area (Å²) in [6, 6.07) is 14.3. The molecule has 0 saturated carbocycles. The number of ether oxygens (including phenoxy) is 2. The van der Waals surface area contributed by atoms with Gasteiger partial charge in [-0.3, -0.25) is 10.1 Å². The maximum Gasteiger partial charge on any atom is 0.268 e. The Hall–Kier alpha value is -3.46. The minimum Gasteiger partial charge on any atom is -0.490 e. The summed E-state index contributed by atoms with van der Waals surface area (Å²) >= 11 is 6.96. The first-order valence-electron chi connectivity index (χ1n) is 9.74. The molecule has 2 aromatic carbocycles. The van der Waals surface area contributed by atoms with E-state index in [9.17, 15) is 18.5 Å². The summed E-state index contributed by atoms with van der Waals surface area (Å²) in [7, 11) is -3.55. The number of aryl methyl sites for hydroxylation is 1. The zero-order valence-corrected chi connectivity index (χ0v) is 20.5. The summed E-state index contributed by atoms with van der Waals surface area (Å²) in [6.45, 7) is 2.59. The van der Waals surface area contributed by atoms with Gasteiger partial charge in [0.25, 0.3) is 5.91 Å². The van der Waals surface area contributed by atoms with Crippen molar-refractivity contribution in [3.8, 4) is 17.6 Å². The molecule has 0 aliphatic carbocycles. The summed E-state index contributed by atoms with van der Waals surface area (Å²) in [5, 5.41) is 19.1. The van der Waals surface area contributed by atoms with Gasteiger partial charge in [-0.1, -0.05) is 46.7 Å². The number of aromatic nitrogens is 2. The zero-order chi connectivity index (χ0) is 24.7. The molecule has 0 saturated heterocycles. The third-order valence-electron chi connectivity index (χ3n) is 4.21. The van der Waals surface area contributed by atoms with Crippen LogP contribution in [0, 0.1) is 18.3 Å². The Morgan fingerprint density at radius 1 is 1.18 bits per heavy atom. The van der Waals surface area contributed by atoms with Crippen molar-refractivity contribution in [1.82, 2.24) is 10.2 Å². The summed E-state index contributed by atoms with van der Waals surface area (Å²) in [4.78, 5) is 12.4. The van der Waals surface area contributed by atoms with E-state index >= 15 is 0 Å². The van der Waals surface area contributed by atoms with Crippen molar-refractivity contribution in [2.75, 3.05) is 24.8 Å². The normalized spacial score (nSPS) is 11.5. The highest BCUT2D eigenvalue weighted by Gasteiger charge is 2.17. The Morgan fingerprint density at radius 2 is 1.88 bits per heavy atom. The fraction of sp³-hybridized carbons (Fsp3) is 0.182. The molecule has 1 aromatic heterocycles. The first-order chi connectivity index (χ1) is 16.2. The van der Waals surface area contributed by atoms with Gasteiger partial charge in [-0.05, 0) is 42.8 Å². The lowest BCUT2D eigenvalue weighted by molar-refractivity contribution is -0.112. The lowest BCUT2D eigenvalue weighted by atomic mass is 10.1. The molecule has 0 spiro atoms. The number of halogens is 1. The second-order valence-electron chi connectivity index (χ2n) is 6.97. The van der Waals surface area contributed by atoms with Crippen LogP contribution in [0.15, 0.2) is 52.4 Å². The van der Waals surface area contributed by atoms with Gasteiger partial charge in [-0.15, -0.1) is 10.2 Å². The molecule has 1 N–H and O–H groups in total. The highest BCUT2D eigenvalue weighted by molar-refractivity contribution is 7.92. The van der Waals surface area contributed by atoms with Crippen LogP contribution in [0.1, 0.15) is 11.1 Å². The standard InChI is InChI=1S/C22H19ClN4O5S2/c1-14-3-6-17(7-4-14)31-9-10-32-19-8-5-15(12-18(19)23)11-16(13-24)20(28)25-21-26-27-22(33-21)34(2,29)30/h3-8,11-12H,9-10H2,1-2H3,(H,25,26,28)/b16-11-. The maximum absolute atomic E-state index is 12.4. The molecule has 0 bridgehead atoms. The third-order valence-corrected chi connectivity index (χ3v) is 7.01. The van der Waals surface area contributed by atoms with E-state index in [4.69, 9.17) is 21.1 Å². The Bertz CT molecular complexity index is 1360. The molecule has 9 nitrogen and oxygen atoms in total. The van der Waals surface area contributed by atoms with Crippen LogP contribution < -0.4 is 14.8 Å². The molecule has 176 valence electrons. The van der Waals surface area contributed by atoms with Gasteiger partial charge in [0.05, 0.1) is 5.02 Å². The van der Waals surface area contributed by atoms with E-state index in [1.807, 2.05) is 31.2 Å². The molecular formula is C22H19ClN4O5S2. The quantitative estimate of drug-likeness (QED) is 0.195. The predicted octanol–water partition coefficient (Wildman–Crippen LogP) is 3.91. The smallest absolute Gasteiger partial charge is 0.268 e. The minimum atomic E-state index is -3.55. The molecule has 0 atom stereocenters. The topological polar surface area (TPSA) is 131 Å². The van der Waals surface area contributed by atoms with Crippen molar-refractivity contribution in [3.63, 3.8) is 0 Å². The van der Waals surface area contributed by atoms with Gasteiger partial charge in [-0.25, -0.2) is 8.42 Å². The monoisotopic (exact) mass is 518 g/mol. The van der Waals surface area contributed by atoms with Gasteiger partial charge in [0.2, 0.25) is 19.3 Å². The van der Waals surface area contributed by atoms with Crippen molar-refractivity contribution in [2.45, 2.75) is 11.3 Å². The number of carbonyl (C=O) groups is 1. The molecule has 3 rings (SSSR count). The average molecular weight is 519 g/mol. The third kappa shape index (κ3) is 7.02. The van der Waals surface area contributed by atoms with Crippen LogP contribution in [0.2, 0.25) is 5.02 Å². The van der Waals surface area contributed by atoms with Crippen molar-refractivity contribution in [3.05, 3.63) is 64.2 Å². The molecule has 0 fully saturated rings. The summed E-state index contributed by atoms with van der Waals surface area (Å²) in [5.41, 5.74) is 1.41. The van der Waals surface area contributed by atoms with E-state index in [1.54, 1.807) is 24.3 Å². The molecule has 3 aromatic rings. The van der Waals surface area contributed by atoms with E-state index in [0.29, 0.717) is 34.3 Å². The molecule has 1 amide bonds. The lowest BCUT2D eigenvalue weighted by Crippen LogP contribution is -2.13. The second kappa shape index (κ2) is 11.1. The van der Waals surface area contributed by atoms with E-state index in [-0.39, 0.29) is 21.7 Å². The summed E-state index contributed by atoms with van der Waals surface area (Å²) < 4.78 is 34.0. The highest BCUT2D eigenvalue weighted by atomic mass is 35.5. The fourth-order valence-corrected chi connectivity index (χ4v) is 4.31. The van der Waals surface area contributed by atoms with E-state index in [1.165, 1.54) is 6.08 Å². The molecular weight excluding hydrogens is 500 g/mol. The largest absolute Gasteiger partial charge is 0.490 e. The number of hydrogen-bond donors (Lipinski definition) is 1. The molecule has 0 unspecified atom stereocenters. The number of anilines is 1. The van der Waals surface area contributed by atoms with E-state index < -0.39 is 15.7 Å². The fourth-order valence-electron chi connectivity index (χ4n) is 2.56. The number of rotatable bonds is 9. The Kier molecular flexibility index (Phi) is 8.22. The van der Waals surface area contributed by atoms with E-state index in [0.717, 1.165) is 17.6 Å². The number of nitrogens with one attached hydrogen (secondary N) is 1. The first kappa shape index (κ1) is 25.2. The number of sulfone groups is 1. The van der Waals surface area contributed by atoms with Gasteiger partial charge >= 0.3 is 0 Å². The number of benzene rings is 2. The van der Waals surface area contributed by atoms with Gasteiger partial charge in [0.1, 0.15) is 36.4 Å². The van der Waals surface area contributed by atoms with Crippen molar-refractivity contribution in [2.24, 2.45) is 0 Å². The Labute approximate surface area is 205 Å². The van der Waals surface area contributed by atoms with Gasteiger partial charge in [0.15, 0.2) is 0 Å². The maximum atomic E-state index is 12.4. The lowest BCUT2D eigenvalue weighted by Gasteiger charge is -2.10. The minimum absolute atomic E-state index is 0.0405. The van der Waals surface area contributed by atoms with Crippen molar-refractivity contribution < 1.29 is 22.7 Å². The average Bonchev–Trinajstić information content (AvgIpc) is 3.26. The van der Waals surface area contributed by atoms with E-state index in [2.05, 4.69) is 15.5 Å². The van der Waals surface area contributed by atoms with Crippen LogP contribution in [-0.2, 0) is 14.6 Å². The molecule has 1 heterocycles. The number of nitriles is 1. The molecule has 0 radical (unpaired) electrons. The van der Waals surface area contributed by atoms with Crippen LogP contribution in [0.4, 0.5) is 5.13 Å². The second-order valence-corrected chi connectivity index (χ2v) is 10.5. The van der Waals surface area contributed by atoms with Gasteiger partial charge in [-0.2, -0.15) is 5.26 Å². The number of carbonyl (C=O) groups excluding carboxylic acids is 1. The molecule has 34 heavy (non-hydrogen) atoms. The Morgan fingerprint density at radius 3 is 2.50 bits per heavy atom. The van der Waals surface area contributed by atoms with Crippen LogP contribution in [0.25, 0.3) is 6.08 Å². The first-order valence-corrected chi connectivity index (χ1v) is 12.8. The van der Waals surface area contributed by atoms with Crippen LogP contribution >= 0.6 is 22.9 Å². The molecule has 0 aliphatic rings. The van der Waals surface area contributed by atoms with Crippen LogP contribution in [-0.4, -0.2) is 44.0 Å². The highest BCUT2D eigenvalue weighted by Crippen LogP contribution is 2.27. The van der Waals surface area contributed by atoms with Crippen LogP contribution in [0.3, 0.4) is 0 Å². The van der Waals surface area contributed by atoms with Gasteiger partial charge < -0.3 is 9.47 Å². The predicted molar refractivity (Wildman–Crippen MR) is 129 cm³/mol. The summed E-state index contributed by atoms with van der Waals surface area (Å²) in [6.07, 6.45) is 2.32. The zero-order valence-electron chi connectivity index (χ0n) is 18.1. The molecule has 0 aliphatic heterocycles. The number of nitrogens with zero attached hydrogens (tertiary/aromatic N) is 3. The van der Waals surface area contributed by atoms with Crippen molar-refractivity contribution >= 4 is 49.9 Å².